The van der Waals surface area contributed by atoms with E-state index in [0.717, 1.165) is 25.6 Å². The first-order valence-electron chi connectivity index (χ1n) is 8.38. The molecule has 1 unspecified atom stereocenters. The maximum absolute atomic E-state index is 12.1. The van der Waals surface area contributed by atoms with Gasteiger partial charge in [-0.15, -0.1) is 0 Å². The summed E-state index contributed by atoms with van der Waals surface area (Å²) < 4.78 is 5.21. The maximum Gasteiger partial charge on any atom is 0.324 e. The SMILES string of the molecule is CCOC(=O)C(CN1CCC(CN(C)C)CC1)NC1CC1. The monoisotopic (exact) mass is 297 g/mol. The van der Waals surface area contributed by atoms with Crippen LogP contribution in [0.2, 0.25) is 0 Å². The number of hydrogen-bond donors (Lipinski definition) is 1. The van der Waals surface area contributed by atoms with Gasteiger partial charge in [-0.05, 0) is 65.7 Å². The van der Waals surface area contributed by atoms with E-state index in [-0.39, 0.29) is 12.0 Å². The molecule has 0 spiro atoms. The molecule has 0 aromatic rings. The lowest BCUT2D eigenvalue weighted by molar-refractivity contribution is -0.146. The van der Waals surface area contributed by atoms with Crippen LogP contribution in [0, 0.1) is 5.92 Å². The second-order valence-corrected chi connectivity index (χ2v) is 6.75. The highest BCUT2D eigenvalue weighted by Gasteiger charge is 2.31. The summed E-state index contributed by atoms with van der Waals surface area (Å²) >= 11 is 0. The number of nitrogens with zero attached hydrogens (tertiary/aromatic N) is 2. The summed E-state index contributed by atoms with van der Waals surface area (Å²) in [6.07, 6.45) is 4.86. The summed E-state index contributed by atoms with van der Waals surface area (Å²) in [5.41, 5.74) is 0. The Morgan fingerprint density at radius 3 is 2.48 bits per heavy atom. The summed E-state index contributed by atoms with van der Waals surface area (Å²) in [5.74, 6) is 0.716. The molecule has 1 saturated carbocycles. The molecule has 1 aliphatic carbocycles. The fourth-order valence-electron chi connectivity index (χ4n) is 3.10. The molecule has 122 valence electrons. The van der Waals surface area contributed by atoms with Crippen LogP contribution in [0.15, 0.2) is 0 Å². The van der Waals surface area contributed by atoms with E-state index in [1.165, 1.54) is 32.2 Å². The predicted octanol–water partition coefficient (Wildman–Crippen LogP) is 0.944. The largest absolute Gasteiger partial charge is 0.465 e. The topological polar surface area (TPSA) is 44.8 Å². The second kappa shape index (κ2) is 8.11. The van der Waals surface area contributed by atoms with Gasteiger partial charge < -0.3 is 19.9 Å². The van der Waals surface area contributed by atoms with Crippen LogP contribution < -0.4 is 5.32 Å². The van der Waals surface area contributed by atoms with Gasteiger partial charge in [0.25, 0.3) is 0 Å². The average Bonchev–Trinajstić information content (AvgIpc) is 3.24. The smallest absolute Gasteiger partial charge is 0.324 e. The highest BCUT2D eigenvalue weighted by Crippen LogP contribution is 2.21. The quantitative estimate of drug-likeness (QED) is 0.676. The van der Waals surface area contributed by atoms with Crippen molar-refractivity contribution in [1.82, 2.24) is 15.1 Å². The van der Waals surface area contributed by atoms with Crippen molar-refractivity contribution in [1.29, 1.82) is 0 Å². The molecular formula is C16H31N3O2. The Balaban J connectivity index is 1.76. The van der Waals surface area contributed by atoms with Gasteiger partial charge in [0.2, 0.25) is 0 Å². The molecule has 5 heteroatoms. The third-order valence-electron chi connectivity index (χ3n) is 4.36. The minimum absolute atomic E-state index is 0.0835. The van der Waals surface area contributed by atoms with Crippen LogP contribution in [0.4, 0.5) is 0 Å². The second-order valence-electron chi connectivity index (χ2n) is 6.75. The number of rotatable bonds is 8. The van der Waals surface area contributed by atoms with E-state index in [0.29, 0.717) is 12.6 Å². The minimum atomic E-state index is -0.150. The maximum atomic E-state index is 12.1. The lowest BCUT2D eigenvalue weighted by Gasteiger charge is -2.34. The van der Waals surface area contributed by atoms with E-state index in [1.807, 2.05) is 6.92 Å². The third kappa shape index (κ3) is 5.93. The van der Waals surface area contributed by atoms with Gasteiger partial charge in [-0.1, -0.05) is 0 Å². The Morgan fingerprint density at radius 2 is 1.95 bits per heavy atom. The van der Waals surface area contributed by atoms with E-state index in [1.54, 1.807) is 0 Å². The van der Waals surface area contributed by atoms with E-state index < -0.39 is 0 Å². The number of likely N-dealkylation sites (tertiary alicyclic amines) is 1. The molecule has 1 aliphatic heterocycles. The van der Waals surface area contributed by atoms with E-state index in [2.05, 4.69) is 29.2 Å². The van der Waals surface area contributed by atoms with Crippen LogP contribution in [0.1, 0.15) is 32.6 Å². The lowest BCUT2D eigenvalue weighted by Crippen LogP contribution is -2.50. The van der Waals surface area contributed by atoms with Gasteiger partial charge in [-0.3, -0.25) is 4.79 Å². The normalized spacial score (nSPS) is 22.5. The summed E-state index contributed by atoms with van der Waals surface area (Å²) in [5, 5.41) is 3.44. The zero-order chi connectivity index (χ0) is 15.2. The molecule has 2 fully saturated rings. The zero-order valence-corrected chi connectivity index (χ0v) is 13.8. The van der Waals surface area contributed by atoms with Crippen LogP contribution in [-0.2, 0) is 9.53 Å². The Kier molecular flexibility index (Phi) is 6.45. The predicted molar refractivity (Wildman–Crippen MR) is 84.3 cm³/mol. The summed E-state index contributed by atoms with van der Waals surface area (Å²) in [6, 6.07) is 0.383. The van der Waals surface area contributed by atoms with Crippen molar-refractivity contribution in [3.63, 3.8) is 0 Å². The van der Waals surface area contributed by atoms with Gasteiger partial charge in [0.1, 0.15) is 6.04 Å². The van der Waals surface area contributed by atoms with Crippen molar-refractivity contribution < 1.29 is 9.53 Å². The number of hydrogen-bond acceptors (Lipinski definition) is 5. The van der Waals surface area contributed by atoms with E-state index in [4.69, 9.17) is 4.74 Å². The third-order valence-corrected chi connectivity index (χ3v) is 4.36. The fraction of sp³-hybridized carbons (Fsp3) is 0.938. The number of carbonyl (C=O) groups is 1. The molecule has 0 bridgehead atoms. The number of ether oxygens (including phenoxy) is 1. The molecular weight excluding hydrogens is 266 g/mol. The van der Waals surface area contributed by atoms with Crippen LogP contribution >= 0.6 is 0 Å². The highest BCUT2D eigenvalue weighted by atomic mass is 16.5. The molecule has 0 aromatic heterocycles. The Morgan fingerprint density at radius 1 is 1.29 bits per heavy atom. The van der Waals surface area contributed by atoms with Crippen molar-refractivity contribution >= 4 is 5.97 Å². The number of nitrogens with one attached hydrogen (secondary N) is 1. The average molecular weight is 297 g/mol. The fourth-order valence-corrected chi connectivity index (χ4v) is 3.10. The van der Waals surface area contributed by atoms with Crippen molar-refractivity contribution in [2.45, 2.75) is 44.7 Å². The molecule has 1 heterocycles. The van der Waals surface area contributed by atoms with Gasteiger partial charge in [0.15, 0.2) is 0 Å². The van der Waals surface area contributed by atoms with Crippen molar-refractivity contribution in [2.75, 3.05) is 46.9 Å². The first-order valence-corrected chi connectivity index (χ1v) is 8.38. The van der Waals surface area contributed by atoms with Gasteiger partial charge in [0, 0.05) is 19.1 Å². The standard InChI is InChI=1S/C16H31N3O2/c1-4-21-16(20)15(17-14-5-6-14)12-19-9-7-13(8-10-19)11-18(2)3/h13-15,17H,4-12H2,1-3H3. The van der Waals surface area contributed by atoms with E-state index in [9.17, 15) is 4.79 Å². The Labute approximate surface area is 129 Å². The molecule has 2 rings (SSSR count). The van der Waals surface area contributed by atoms with Crippen LogP contribution in [-0.4, -0.2) is 74.7 Å². The van der Waals surface area contributed by atoms with Crippen LogP contribution in [0.25, 0.3) is 0 Å². The first-order chi connectivity index (χ1) is 10.1. The molecule has 2 aliphatic rings. The lowest BCUT2D eigenvalue weighted by atomic mass is 9.96. The molecule has 0 radical (unpaired) electrons. The van der Waals surface area contributed by atoms with Crippen molar-refractivity contribution in [3.05, 3.63) is 0 Å². The van der Waals surface area contributed by atoms with Gasteiger partial charge in [0.05, 0.1) is 6.61 Å². The number of carbonyl (C=O) groups excluding carboxylic acids is 1. The first kappa shape index (κ1) is 16.7. The van der Waals surface area contributed by atoms with Crippen LogP contribution in [0.3, 0.4) is 0 Å². The van der Waals surface area contributed by atoms with Gasteiger partial charge in [-0.2, -0.15) is 0 Å². The molecule has 5 nitrogen and oxygen atoms in total. The minimum Gasteiger partial charge on any atom is -0.465 e. The molecule has 0 aromatic carbocycles. The highest BCUT2D eigenvalue weighted by molar-refractivity contribution is 5.76. The number of esters is 1. The molecule has 1 saturated heterocycles. The molecule has 21 heavy (non-hydrogen) atoms. The van der Waals surface area contributed by atoms with Crippen molar-refractivity contribution in [3.8, 4) is 0 Å². The van der Waals surface area contributed by atoms with Gasteiger partial charge >= 0.3 is 5.97 Å². The van der Waals surface area contributed by atoms with Gasteiger partial charge in [-0.25, -0.2) is 0 Å². The molecule has 1 N–H and O–H groups in total. The van der Waals surface area contributed by atoms with Crippen LogP contribution in [0.5, 0.6) is 0 Å². The zero-order valence-electron chi connectivity index (χ0n) is 13.8. The Hall–Kier alpha value is -0.650. The van der Waals surface area contributed by atoms with Crippen molar-refractivity contribution in [2.24, 2.45) is 5.92 Å². The number of piperidine rings is 1. The summed E-state index contributed by atoms with van der Waals surface area (Å²) in [7, 11) is 4.28. The summed E-state index contributed by atoms with van der Waals surface area (Å²) in [4.78, 5) is 16.8. The molecule has 1 atom stereocenters. The van der Waals surface area contributed by atoms with E-state index >= 15 is 0 Å². The Bertz CT molecular complexity index is 323. The molecule has 0 amide bonds. The summed E-state index contributed by atoms with van der Waals surface area (Å²) in [6.45, 7) is 6.51.